The standard InChI is InChI=1S/C11H11NOS/c1-13-11-5-3-2-4-9(11)6-10-7-12-8-14-10/h2-5,7-8H,6H2,1H3. The number of nitrogens with zero attached hydrogens (tertiary/aromatic N) is 1. The van der Waals surface area contributed by atoms with E-state index in [0.29, 0.717) is 0 Å². The minimum Gasteiger partial charge on any atom is -0.496 e. The van der Waals surface area contributed by atoms with Crippen LogP contribution in [0.1, 0.15) is 10.4 Å². The fraction of sp³-hybridized carbons (Fsp3) is 0.182. The Morgan fingerprint density at radius 2 is 2.21 bits per heavy atom. The maximum atomic E-state index is 5.28. The summed E-state index contributed by atoms with van der Waals surface area (Å²) in [5.41, 5.74) is 3.06. The van der Waals surface area contributed by atoms with Crippen LogP contribution in [-0.4, -0.2) is 12.1 Å². The molecular formula is C11H11NOS. The Kier molecular flexibility index (Phi) is 2.79. The molecule has 1 aromatic carbocycles. The summed E-state index contributed by atoms with van der Waals surface area (Å²) in [5, 5.41) is 0. The van der Waals surface area contributed by atoms with Crippen molar-refractivity contribution in [3.05, 3.63) is 46.4 Å². The summed E-state index contributed by atoms with van der Waals surface area (Å²) in [6.45, 7) is 0. The molecule has 0 unspecified atom stereocenters. The fourth-order valence-corrected chi connectivity index (χ4v) is 1.98. The molecule has 0 bridgehead atoms. The molecular weight excluding hydrogens is 194 g/mol. The van der Waals surface area contributed by atoms with E-state index in [1.54, 1.807) is 18.4 Å². The van der Waals surface area contributed by atoms with Gasteiger partial charge in [0.05, 0.1) is 12.6 Å². The molecule has 0 aliphatic rings. The number of hydrogen-bond donors (Lipinski definition) is 0. The molecule has 0 saturated carbocycles. The molecule has 0 radical (unpaired) electrons. The van der Waals surface area contributed by atoms with Crippen molar-refractivity contribution in [3.8, 4) is 5.75 Å². The highest BCUT2D eigenvalue weighted by Crippen LogP contribution is 2.22. The molecule has 0 amide bonds. The lowest BCUT2D eigenvalue weighted by Gasteiger charge is -2.05. The van der Waals surface area contributed by atoms with Crippen LogP contribution in [0.15, 0.2) is 36.0 Å². The van der Waals surface area contributed by atoms with Gasteiger partial charge in [-0.2, -0.15) is 0 Å². The van der Waals surface area contributed by atoms with Gasteiger partial charge in [0.25, 0.3) is 0 Å². The fourth-order valence-electron chi connectivity index (χ4n) is 1.37. The van der Waals surface area contributed by atoms with Crippen LogP contribution < -0.4 is 4.74 Å². The Morgan fingerprint density at radius 1 is 1.36 bits per heavy atom. The number of aromatic nitrogens is 1. The van der Waals surface area contributed by atoms with Crippen molar-refractivity contribution < 1.29 is 4.74 Å². The lowest BCUT2D eigenvalue weighted by atomic mass is 10.1. The normalized spacial score (nSPS) is 10.1. The molecule has 1 aromatic heterocycles. The number of methoxy groups -OCH3 is 1. The number of thiazole rings is 1. The monoisotopic (exact) mass is 205 g/mol. The Bertz CT molecular complexity index is 397. The van der Waals surface area contributed by atoms with Crippen LogP contribution in [0.2, 0.25) is 0 Å². The van der Waals surface area contributed by atoms with Gasteiger partial charge >= 0.3 is 0 Å². The molecule has 0 N–H and O–H groups in total. The Morgan fingerprint density at radius 3 is 2.93 bits per heavy atom. The van der Waals surface area contributed by atoms with E-state index in [0.717, 1.165) is 12.2 Å². The molecule has 1 heterocycles. The first-order chi connectivity index (χ1) is 6.90. The maximum absolute atomic E-state index is 5.28. The molecule has 72 valence electrons. The SMILES string of the molecule is COc1ccccc1Cc1cncs1. The second-order valence-electron chi connectivity index (χ2n) is 2.96. The van der Waals surface area contributed by atoms with E-state index in [-0.39, 0.29) is 0 Å². The van der Waals surface area contributed by atoms with E-state index in [1.807, 2.05) is 29.9 Å². The van der Waals surface area contributed by atoms with E-state index in [4.69, 9.17) is 4.74 Å². The van der Waals surface area contributed by atoms with E-state index in [9.17, 15) is 0 Å². The van der Waals surface area contributed by atoms with E-state index >= 15 is 0 Å². The molecule has 0 saturated heterocycles. The summed E-state index contributed by atoms with van der Waals surface area (Å²) in [6, 6.07) is 8.07. The molecule has 0 aliphatic carbocycles. The second kappa shape index (κ2) is 4.24. The van der Waals surface area contributed by atoms with E-state index < -0.39 is 0 Å². The highest BCUT2D eigenvalue weighted by atomic mass is 32.1. The van der Waals surface area contributed by atoms with Gasteiger partial charge in [0.15, 0.2) is 0 Å². The van der Waals surface area contributed by atoms with Crippen LogP contribution in [0.25, 0.3) is 0 Å². The maximum Gasteiger partial charge on any atom is 0.122 e. The first-order valence-electron chi connectivity index (χ1n) is 4.39. The summed E-state index contributed by atoms with van der Waals surface area (Å²) in [4.78, 5) is 5.31. The van der Waals surface area contributed by atoms with Gasteiger partial charge in [-0.3, -0.25) is 4.98 Å². The number of benzene rings is 1. The van der Waals surface area contributed by atoms with Crippen molar-refractivity contribution >= 4 is 11.3 Å². The predicted molar refractivity (Wildman–Crippen MR) is 57.9 cm³/mol. The Labute approximate surface area is 87.2 Å². The van der Waals surface area contributed by atoms with Crippen molar-refractivity contribution in [2.45, 2.75) is 6.42 Å². The van der Waals surface area contributed by atoms with Gasteiger partial charge in [0.1, 0.15) is 5.75 Å². The van der Waals surface area contributed by atoms with Gasteiger partial charge < -0.3 is 4.74 Å². The van der Waals surface area contributed by atoms with E-state index in [2.05, 4.69) is 11.1 Å². The number of rotatable bonds is 3. The molecule has 0 atom stereocenters. The van der Waals surface area contributed by atoms with Crippen molar-refractivity contribution in [3.63, 3.8) is 0 Å². The summed E-state index contributed by atoms with van der Waals surface area (Å²) in [6.07, 6.45) is 2.80. The number of hydrogen-bond acceptors (Lipinski definition) is 3. The largest absolute Gasteiger partial charge is 0.496 e. The third-order valence-corrected chi connectivity index (χ3v) is 2.82. The smallest absolute Gasteiger partial charge is 0.122 e. The van der Waals surface area contributed by atoms with Crippen LogP contribution in [-0.2, 0) is 6.42 Å². The van der Waals surface area contributed by atoms with Gasteiger partial charge in [-0.25, -0.2) is 0 Å². The van der Waals surface area contributed by atoms with Crippen LogP contribution in [0.3, 0.4) is 0 Å². The van der Waals surface area contributed by atoms with Gasteiger partial charge in [-0.15, -0.1) is 11.3 Å². The highest BCUT2D eigenvalue weighted by Gasteiger charge is 2.03. The number of para-hydroxylation sites is 1. The van der Waals surface area contributed by atoms with Crippen molar-refractivity contribution in [1.29, 1.82) is 0 Å². The first-order valence-corrected chi connectivity index (χ1v) is 5.27. The minimum absolute atomic E-state index is 0.898. The van der Waals surface area contributed by atoms with Crippen LogP contribution in [0, 0.1) is 0 Å². The first kappa shape index (κ1) is 9.21. The molecule has 0 spiro atoms. The zero-order chi connectivity index (χ0) is 9.80. The lowest BCUT2D eigenvalue weighted by molar-refractivity contribution is 0.410. The predicted octanol–water partition coefficient (Wildman–Crippen LogP) is 2.74. The Hall–Kier alpha value is -1.35. The van der Waals surface area contributed by atoms with Gasteiger partial charge in [-0.05, 0) is 11.6 Å². The molecule has 3 heteroatoms. The zero-order valence-corrected chi connectivity index (χ0v) is 8.75. The van der Waals surface area contributed by atoms with E-state index in [1.165, 1.54) is 10.4 Å². The van der Waals surface area contributed by atoms with Crippen LogP contribution >= 0.6 is 11.3 Å². The Balaban J connectivity index is 2.24. The van der Waals surface area contributed by atoms with Gasteiger partial charge in [-0.1, -0.05) is 18.2 Å². The van der Waals surface area contributed by atoms with Crippen LogP contribution in [0.5, 0.6) is 5.75 Å². The summed E-state index contributed by atoms with van der Waals surface area (Å²) in [7, 11) is 1.70. The third kappa shape index (κ3) is 1.93. The lowest BCUT2D eigenvalue weighted by Crippen LogP contribution is -1.91. The van der Waals surface area contributed by atoms with Crippen LogP contribution in [0.4, 0.5) is 0 Å². The third-order valence-electron chi connectivity index (χ3n) is 2.04. The molecule has 0 aliphatic heterocycles. The molecule has 2 rings (SSSR count). The summed E-state index contributed by atoms with van der Waals surface area (Å²) in [5.74, 6) is 0.945. The topological polar surface area (TPSA) is 22.1 Å². The summed E-state index contributed by atoms with van der Waals surface area (Å²) < 4.78 is 5.28. The molecule has 2 nitrogen and oxygen atoms in total. The van der Waals surface area contributed by atoms with Gasteiger partial charge in [0.2, 0.25) is 0 Å². The molecule has 0 fully saturated rings. The van der Waals surface area contributed by atoms with Crippen molar-refractivity contribution in [2.24, 2.45) is 0 Å². The summed E-state index contributed by atoms with van der Waals surface area (Å²) >= 11 is 1.67. The zero-order valence-electron chi connectivity index (χ0n) is 7.93. The quantitative estimate of drug-likeness (QED) is 0.768. The highest BCUT2D eigenvalue weighted by molar-refractivity contribution is 7.09. The van der Waals surface area contributed by atoms with Crippen molar-refractivity contribution in [1.82, 2.24) is 4.98 Å². The number of ether oxygens (including phenoxy) is 1. The average Bonchev–Trinajstić information content (AvgIpc) is 2.71. The average molecular weight is 205 g/mol. The van der Waals surface area contributed by atoms with Crippen molar-refractivity contribution in [2.75, 3.05) is 7.11 Å². The van der Waals surface area contributed by atoms with Gasteiger partial charge in [0, 0.05) is 17.5 Å². The second-order valence-corrected chi connectivity index (χ2v) is 3.93. The minimum atomic E-state index is 0.898. The molecule has 2 aromatic rings. The molecule has 14 heavy (non-hydrogen) atoms.